The second-order valence-corrected chi connectivity index (χ2v) is 6.18. The molecular formula is C13H17IO2. The fourth-order valence-corrected chi connectivity index (χ4v) is 1.95. The van der Waals surface area contributed by atoms with Crippen molar-refractivity contribution in [3.05, 3.63) is 21.8 Å². The molecule has 1 aromatic carbocycles. The predicted octanol–water partition coefficient (Wildman–Crippen LogP) is 4.01. The van der Waals surface area contributed by atoms with Gasteiger partial charge in [0.25, 0.3) is 0 Å². The van der Waals surface area contributed by atoms with Crippen molar-refractivity contribution < 1.29 is 9.47 Å². The van der Waals surface area contributed by atoms with Crippen LogP contribution in [0.4, 0.5) is 0 Å². The van der Waals surface area contributed by atoms with E-state index in [1.165, 1.54) is 12.8 Å². The SMILES string of the molecule is CC(C)(C)Oc1cccc(OC2CC2)c1I. The Morgan fingerprint density at radius 2 is 1.81 bits per heavy atom. The lowest BCUT2D eigenvalue weighted by Gasteiger charge is -2.22. The molecule has 0 radical (unpaired) electrons. The molecule has 2 nitrogen and oxygen atoms in total. The fraction of sp³-hybridized carbons (Fsp3) is 0.538. The van der Waals surface area contributed by atoms with Crippen LogP contribution in [0.25, 0.3) is 0 Å². The van der Waals surface area contributed by atoms with Crippen molar-refractivity contribution in [1.29, 1.82) is 0 Å². The Labute approximate surface area is 110 Å². The van der Waals surface area contributed by atoms with Crippen LogP contribution in [0.5, 0.6) is 11.5 Å². The van der Waals surface area contributed by atoms with E-state index in [2.05, 4.69) is 43.4 Å². The van der Waals surface area contributed by atoms with Gasteiger partial charge in [-0.15, -0.1) is 0 Å². The van der Waals surface area contributed by atoms with Crippen molar-refractivity contribution in [1.82, 2.24) is 0 Å². The van der Waals surface area contributed by atoms with Gasteiger partial charge >= 0.3 is 0 Å². The molecule has 0 atom stereocenters. The Morgan fingerprint density at radius 3 is 2.38 bits per heavy atom. The maximum atomic E-state index is 5.89. The van der Waals surface area contributed by atoms with Gasteiger partial charge in [-0.1, -0.05) is 6.07 Å². The van der Waals surface area contributed by atoms with E-state index < -0.39 is 0 Å². The van der Waals surface area contributed by atoms with Crippen LogP contribution in [0.3, 0.4) is 0 Å². The van der Waals surface area contributed by atoms with Gasteiger partial charge in [0.05, 0.1) is 9.67 Å². The summed E-state index contributed by atoms with van der Waals surface area (Å²) in [5.41, 5.74) is -0.169. The first-order valence-corrected chi connectivity index (χ1v) is 6.68. The van der Waals surface area contributed by atoms with Gasteiger partial charge in [-0.05, 0) is 68.3 Å². The van der Waals surface area contributed by atoms with Crippen molar-refractivity contribution in [2.45, 2.75) is 45.3 Å². The maximum absolute atomic E-state index is 5.89. The third-order valence-corrected chi connectivity index (χ3v) is 3.23. The van der Waals surface area contributed by atoms with Gasteiger partial charge in [-0.3, -0.25) is 0 Å². The minimum absolute atomic E-state index is 0.169. The largest absolute Gasteiger partial charge is 0.489 e. The zero-order valence-corrected chi connectivity index (χ0v) is 12.1. The molecule has 0 saturated heterocycles. The molecule has 0 bridgehead atoms. The van der Waals surface area contributed by atoms with E-state index >= 15 is 0 Å². The highest BCUT2D eigenvalue weighted by atomic mass is 127. The fourth-order valence-electron chi connectivity index (χ4n) is 1.36. The Hall–Kier alpha value is -0.450. The standard InChI is InChI=1S/C13H17IO2/c1-13(2,3)16-11-6-4-5-10(12(11)14)15-9-7-8-9/h4-6,9H,7-8H2,1-3H3. The lowest BCUT2D eigenvalue weighted by molar-refractivity contribution is 0.129. The molecule has 16 heavy (non-hydrogen) atoms. The summed E-state index contributed by atoms with van der Waals surface area (Å²) in [4.78, 5) is 0. The van der Waals surface area contributed by atoms with E-state index in [1.54, 1.807) is 0 Å². The average Bonchev–Trinajstić information content (AvgIpc) is 2.93. The summed E-state index contributed by atoms with van der Waals surface area (Å²) in [7, 11) is 0. The smallest absolute Gasteiger partial charge is 0.137 e. The highest BCUT2D eigenvalue weighted by Gasteiger charge is 2.25. The molecule has 3 heteroatoms. The molecule has 1 aliphatic carbocycles. The first kappa shape index (κ1) is 12.0. The third kappa shape index (κ3) is 3.27. The molecule has 0 aromatic heterocycles. The molecule has 0 spiro atoms. The van der Waals surface area contributed by atoms with Crippen LogP contribution in [-0.2, 0) is 0 Å². The van der Waals surface area contributed by atoms with Crippen molar-refractivity contribution in [3.63, 3.8) is 0 Å². The summed E-state index contributed by atoms with van der Waals surface area (Å²) in [6.07, 6.45) is 2.79. The van der Waals surface area contributed by atoms with Gasteiger partial charge in [0, 0.05) is 0 Å². The number of halogens is 1. The van der Waals surface area contributed by atoms with E-state index in [1.807, 2.05) is 18.2 Å². The molecule has 0 heterocycles. The summed E-state index contributed by atoms with van der Waals surface area (Å²) in [6.45, 7) is 6.16. The van der Waals surface area contributed by atoms with Gasteiger partial charge in [-0.2, -0.15) is 0 Å². The van der Waals surface area contributed by atoms with Crippen molar-refractivity contribution in [2.24, 2.45) is 0 Å². The van der Waals surface area contributed by atoms with E-state index in [9.17, 15) is 0 Å². The lowest BCUT2D eigenvalue weighted by Crippen LogP contribution is -2.23. The molecule has 0 unspecified atom stereocenters. The highest BCUT2D eigenvalue weighted by Crippen LogP contribution is 2.35. The van der Waals surface area contributed by atoms with Crippen molar-refractivity contribution in [2.75, 3.05) is 0 Å². The number of rotatable bonds is 3. The van der Waals surface area contributed by atoms with Gasteiger partial charge < -0.3 is 9.47 Å². The molecule has 0 amide bonds. The van der Waals surface area contributed by atoms with E-state index in [0.29, 0.717) is 6.10 Å². The van der Waals surface area contributed by atoms with Crippen LogP contribution in [0.2, 0.25) is 0 Å². The Balaban J connectivity index is 2.18. The number of benzene rings is 1. The lowest BCUT2D eigenvalue weighted by atomic mass is 10.2. The average molecular weight is 332 g/mol. The van der Waals surface area contributed by atoms with Crippen LogP contribution in [0.1, 0.15) is 33.6 Å². The van der Waals surface area contributed by atoms with Gasteiger partial charge in [0.15, 0.2) is 0 Å². The van der Waals surface area contributed by atoms with Crippen LogP contribution >= 0.6 is 22.6 Å². The quantitative estimate of drug-likeness (QED) is 0.779. The number of ether oxygens (including phenoxy) is 2. The van der Waals surface area contributed by atoms with E-state index in [-0.39, 0.29) is 5.60 Å². The highest BCUT2D eigenvalue weighted by molar-refractivity contribution is 14.1. The topological polar surface area (TPSA) is 18.5 Å². The molecule has 1 fully saturated rings. The van der Waals surface area contributed by atoms with Gasteiger partial charge in [0.2, 0.25) is 0 Å². The summed E-state index contributed by atoms with van der Waals surface area (Å²) in [5, 5.41) is 0. The minimum atomic E-state index is -0.169. The molecular weight excluding hydrogens is 315 g/mol. The van der Waals surface area contributed by atoms with Crippen LogP contribution in [0, 0.1) is 3.57 Å². The van der Waals surface area contributed by atoms with E-state index in [4.69, 9.17) is 9.47 Å². The molecule has 2 rings (SSSR count). The minimum Gasteiger partial charge on any atom is -0.489 e. The van der Waals surface area contributed by atoms with Crippen LogP contribution in [0.15, 0.2) is 18.2 Å². The molecule has 1 aliphatic rings. The molecule has 0 N–H and O–H groups in total. The molecule has 0 aliphatic heterocycles. The number of hydrogen-bond acceptors (Lipinski definition) is 2. The molecule has 1 aromatic rings. The normalized spacial score (nSPS) is 16.0. The van der Waals surface area contributed by atoms with Crippen LogP contribution in [-0.4, -0.2) is 11.7 Å². The van der Waals surface area contributed by atoms with Crippen LogP contribution < -0.4 is 9.47 Å². The Kier molecular flexibility index (Phi) is 3.33. The zero-order valence-electron chi connectivity index (χ0n) is 9.92. The Bertz CT molecular complexity index is 378. The van der Waals surface area contributed by atoms with Gasteiger partial charge in [-0.25, -0.2) is 0 Å². The predicted molar refractivity (Wildman–Crippen MR) is 73.2 cm³/mol. The third-order valence-electron chi connectivity index (χ3n) is 2.16. The summed E-state index contributed by atoms with van der Waals surface area (Å²) in [6, 6.07) is 5.99. The zero-order chi connectivity index (χ0) is 11.8. The van der Waals surface area contributed by atoms with Crippen molar-refractivity contribution in [3.8, 4) is 11.5 Å². The monoisotopic (exact) mass is 332 g/mol. The summed E-state index contributed by atoms with van der Waals surface area (Å²) in [5.74, 6) is 1.86. The molecule has 1 saturated carbocycles. The second-order valence-electron chi connectivity index (χ2n) is 5.10. The maximum Gasteiger partial charge on any atom is 0.137 e. The molecule has 88 valence electrons. The number of hydrogen-bond donors (Lipinski definition) is 0. The van der Waals surface area contributed by atoms with Crippen molar-refractivity contribution >= 4 is 22.6 Å². The first-order chi connectivity index (χ1) is 7.46. The Morgan fingerprint density at radius 1 is 1.19 bits per heavy atom. The van der Waals surface area contributed by atoms with Gasteiger partial charge in [0.1, 0.15) is 17.1 Å². The summed E-state index contributed by atoms with van der Waals surface area (Å²) < 4.78 is 12.8. The van der Waals surface area contributed by atoms with E-state index in [0.717, 1.165) is 15.1 Å². The second kappa shape index (κ2) is 4.43. The summed E-state index contributed by atoms with van der Waals surface area (Å²) >= 11 is 2.29. The first-order valence-electron chi connectivity index (χ1n) is 5.60.